The first kappa shape index (κ1) is 12.6. The number of morpholine rings is 1. The molecule has 0 spiro atoms. The zero-order valence-corrected chi connectivity index (χ0v) is 10.6. The van der Waals surface area contributed by atoms with Crippen molar-refractivity contribution in [3.8, 4) is 0 Å². The van der Waals surface area contributed by atoms with E-state index < -0.39 is 0 Å². The van der Waals surface area contributed by atoms with E-state index in [-0.39, 0.29) is 6.04 Å². The molecule has 1 aliphatic rings. The second-order valence-electron chi connectivity index (χ2n) is 4.86. The maximum Gasteiger partial charge on any atom is 0.0594 e. The van der Waals surface area contributed by atoms with Gasteiger partial charge in [0.05, 0.1) is 13.2 Å². The minimum atomic E-state index is 0.218. The molecule has 17 heavy (non-hydrogen) atoms. The molecule has 1 unspecified atom stereocenters. The summed E-state index contributed by atoms with van der Waals surface area (Å²) in [6, 6.07) is 8.87. The Bertz CT molecular complexity index is 331. The van der Waals surface area contributed by atoms with Crippen molar-refractivity contribution in [3.63, 3.8) is 0 Å². The summed E-state index contributed by atoms with van der Waals surface area (Å²) in [7, 11) is 0. The lowest BCUT2D eigenvalue weighted by Gasteiger charge is -2.29. The molecular formula is C14H22N2O. The van der Waals surface area contributed by atoms with Crippen LogP contribution in [-0.2, 0) is 11.2 Å². The lowest BCUT2D eigenvalue weighted by atomic mass is 10.0. The van der Waals surface area contributed by atoms with Gasteiger partial charge in [-0.3, -0.25) is 4.90 Å². The molecule has 1 aliphatic heterocycles. The first-order chi connectivity index (χ1) is 8.24. The van der Waals surface area contributed by atoms with E-state index in [9.17, 15) is 0 Å². The third-order valence-electron chi connectivity index (χ3n) is 3.21. The van der Waals surface area contributed by atoms with Crippen LogP contribution in [0.4, 0.5) is 0 Å². The maximum absolute atomic E-state index is 6.19. The third kappa shape index (κ3) is 4.11. The highest BCUT2D eigenvalue weighted by Crippen LogP contribution is 2.07. The van der Waals surface area contributed by atoms with Crippen LogP contribution in [0.25, 0.3) is 0 Å². The number of hydrogen-bond donors (Lipinski definition) is 1. The molecule has 1 aromatic rings. The van der Waals surface area contributed by atoms with Crippen LogP contribution in [0.2, 0.25) is 0 Å². The zero-order valence-electron chi connectivity index (χ0n) is 10.6. The molecule has 94 valence electrons. The fourth-order valence-corrected chi connectivity index (χ4v) is 2.21. The molecule has 2 rings (SSSR count). The van der Waals surface area contributed by atoms with Crippen molar-refractivity contribution in [2.75, 3.05) is 32.8 Å². The van der Waals surface area contributed by atoms with Crippen LogP contribution in [0.3, 0.4) is 0 Å². The second kappa shape index (κ2) is 6.15. The van der Waals surface area contributed by atoms with Gasteiger partial charge in [-0.05, 0) is 18.9 Å². The Balaban J connectivity index is 1.79. The van der Waals surface area contributed by atoms with Gasteiger partial charge in [0.25, 0.3) is 0 Å². The molecule has 0 aliphatic carbocycles. The predicted octanol–water partition coefficient (Wildman–Crippen LogP) is 1.20. The molecule has 1 heterocycles. The average Bonchev–Trinajstić information content (AvgIpc) is 2.33. The summed E-state index contributed by atoms with van der Waals surface area (Å²) in [6.45, 7) is 6.80. The first-order valence-corrected chi connectivity index (χ1v) is 6.35. The van der Waals surface area contributed by atoms with E-state index in [1.54, 1.807) is 0 Å². The highest BCUT2D eigenvalue weighted by molar-refractivity contribution is 5.22. The fourth-order valence-electron chi connectivity index (χ4n) is 2.21. The Kier molecular flexibility index (Phi) is 4.54. The molecule has 0 bridgehead atoms. The minimum absolute atomic E-state index is 0.218. The van der Waals surface area contributed by atoms with E-state index in [4.69, 9.17) is 10.5 Å². The molecule has 0 saturated carbocycles. The minimum Gasteiger partial charge on any atom is -0.379 e. The second-order valence-corrected chi connectivity index (χ2v) is 4.86. The highest BCUT2D eigenvalue weighted by Gasteiger charge is 2.14. The molecule has 1 fully saturated rings. The summed E-state index contributed by atoms with van der Waals surface area (Å²) in [4.78, 5) is 2.39. The predicted molar refractivity (Wildman–Crippen MR) is 70.1 cm³/mol. The lowest BCUT2D eigenvalue weighted by molar-refractivity contribution is 0.0353. The Morgan fingerprint density at radius 1 is 1.24 bits per heavy atom. The van der Waals surface area contributed by atoms with Gasteiger partial charge in [0.1, 0.15) is 0 Å². The molecular weight excluding hydrogens is 212 g/mol. The van der Waals surface area contributed by atoms with Gasteiger partial charge in [-0.25, -0.2) is 0 Å². The number of aryl methyl sites for hydroxylation is 1. The van der Waals surface area contributed by atoms with Gasteiger partial charge in [0.2, 0.25) is 0 Å². The summed E-state index contributed by atoms with van der Waals surface area (Å²) in [5, 5.41) is 0. The molecule has 1 saturated heterocycles. The third-order valence-corrected chi connectivity index (χ3v) is 3.21. The molecule has 1 atom stereocenters. The maximum atomic E-state index is 6.19. The number of hydrogen-bond acceptors (Lipinski definition) is 3. The van der Waals surface area contributed by atoms with E-state index in [1.807, 2.05) is 0 Å². The first-order valence-electron chi connectivity index (χ1n) is 6.35. The van der Waals surface area contributed by atoms with Crippen molar-refractivity contribution in [1.29, 1.82) is 0 Å². The Morgan fingerprint density at radius 3 is 2.53 bits per heavy atom. The van der Waals surface area contributed by atoms with E-state index >= 15 is 0 Å². The number of nitrogens with zero attached hydrogens (tertiary/aromatic N) is 1. The van der Waals surface area contributed by atoms with Gasteiger partial charge in [-0.15, -0.1) is 0 Å². The normalized spacial score (nSPS) is 19.2. The Morgan fingerprint density at radius 2 is 1.88 bits per heavy atom. The van der Waals surface area contributed by atoms with Gasteiger partial charge >= 0.3 is 0 Å². The standard InChI is InChI=1S/C14H22N2O/c1-12-2-4-13(5-3-12)10-14(15)11-16-6-8-17-9-7-16/h2-5,14H,6-11,15H2,1H3. The summed E-state index contributed by atoms with van der Waals surface area (Å²) in [5.41, 5.74) is 8.82. The number of nitrogens with two attached hydrogens (primary N) is 1. The average molecular weight is 234 g/mol. The topological polar surface area (TPSA) is 38.5 Å². The number of ether oxygens (including phenoxy) is 1. The molecule has 0 aromatic heterocycles. The quantitative estimate of drug-likeness (QED) is 0.850. The van der Waals surface area contributed by atoms with E-state index in [1.165, 1.54) is 11.1 Å². The lowest BCUT2D eigenvalue weighted by Crippen LogP contribution is -2.44. The zero-order chi connectivity index (χ0) is 12.1. The van der Waals surface area contributed by atoms with Crippen LogP contribution in [0, 0.1) is 6.92 Å². The SMILES string of the molecule is Cc1ccc(CC(N)CN2CCOCC2)cc1. The molecule has 2 N–H and O–H groups in total. The van der Waals surface area contributed by atoms with E-state index in [0.29, 0.717) is 0 Å². The smallest absolute Gasteiger partial charge is 0.0594 e. The van der Waals surface area contributed by atoms with Gasteiger partial charge in [-0.2, -0.15) is 0 Å². The summed E-state index contributed by atoms with van der Waals surface area (Å²) < 4.78 is 5.33. The summed E-state index contributed by atoms with van der Waals surface area (Å²) in [5.74, 6) is 0. The van der Waals surface area contributed by atoms with Crippen LogP contribution < -0.4 is 5.73 Å². The van der Waals surface area contributed by atoms with Crippen molar-refractivity contribution >= 4 is 0 Å². The van der Waals surface area contributed by atoms with Crippen molar-refractivity contribution in [2.45, 2.75) is 19.4 Å². The van der Waals surface area contributed by atoms with E-state index in [2.05, 4.69) is 36.1 Å². The van der Waals surface area contributed by atoms with Crippen LogP contribution in [0.15, 0.2) is 24.3 Å². The Labute approximate surface area is 104 Å². The molecule has 1 aromatic carbocycles. The van der Waals surface area contributed by atoms with Crippen molar-refractivity contribution in [2.24, 2.45) is 5.73 Å². The van der Waals surface area contributed by atoms with Gasteiger partial charge in [0.15, 0.2) is 0 Å². The number of benzene rings is 1. The molecule has 0 amide bonds. The molecule has 3 heteroatoms. The summed E-state index contributed by atoms with van der Waals surface area (Å²) >= 11 is 0. The molecule has 3 nitrogen and oxygen atoms in total. The largest absolute Gasteiger partial charge is 0.379 e. The van der Waals surface area contributed by atoms with E-state index in [0.717, 1.165) is 39.3 Å². The van der Waals surface area contributed by atoms with Gasteiger partial charge in [0, 0.05) is 25.7 Å². The van der Waals surface area contributed by atoms with Crippen LogP contribution in [0.5, 0.6) is 0 Å². The Hall–Kier alpha value is -0.900. The van der Waals surface area contributed by atoms with Crippen LogP contribution >= 0.6 is 0 Å². The fraction of sp³-hybridized carbons (Fsp3) is 0.571. The van der Waals surface area contributed by atoms with Gasteiger partial charge in [-0.1, -0.05) is 29.8 Å². The van der Waals surface area contributed by atoms with Crippen molar-refractivity contribution < 1.29 is 4.74 Å². The van der Waals surface area contributed by atoms with Crippen molar-refractivity contribution in [3.05, 3.63) is 35.4 Å². The van der Waals surface area contributed by atoms with Crippen molar-refractivity contribution in [1.82, 2.24) is 4.90 Å². The van der Waals surface area contributed by atoms with Gasteiger partial charge < -0.3 is 10.5 Å². The molecule has 0 radical (unpaired) electrons. The van der Waals surface area contributed by atoms with Crippen LogP contribution in [0.1, 0.15) is 11.1 Å². The summed E-state index contributed by atoms with van der Waals surface area (Å²) in [6.07, 6.45) is 0.956. The van der Waals surface area contributed by atoms with Crippen LogP contribution in [-0.4, -0.2) is 43.8 Å². The monoisotopic (exact) mass is 234 g/mol. The number of rotatable bonds is 4. The highest BCUT2D eigenvalue weighted by atomic mass is 16.5.